The molecular formula is C15H19N3. The average molecular weight is 241 g/mol. The maximum absolute atomic E-state index is 4.71. The molecule has 0 amide bonds. The molecule has 0 fully saturated rings. The molecule has 1 aromatic carbocycles. The Morgan fingerprint density at radius 3 is 2.83 bits per heavy atom. The molecule has 2 heterocycles. The zero-order chi connectivity index (χ0) is 12.5. The van der Waals surface area contributed by atoms with Crippen molar-refractivity contribution in [2.45, 2.75) is 32.9 Å². The van der Waals surface area contributed by atoms with Crippen LogP contribution >= 0.6 is 0 Å². The third-order valence-electron chi connectivity index (χ3n) is 3.77. The summed E-state index contributed by atoms with van der Waals surface area (Å²) in [5.74, 6) is 1.67. The second-order valence-electron chi connectivity index (χ2n) is 5.10. The number of aromatic nitrogens is 2. The maximum atomic E-state index is 4.71. The van der Waals surface area contributed by atoms with Gasteiger partial charge in [-0.1, -0.05) is 44.2 Å². The second kappa shape index (κ2) is 4.48. The number of hydrogen-bond acceptors (Lipinski definition) is 2. The van der Waals surface area contributed by atoms with Crippen molar-refractivity contribution in [2.24, 2.45) is 5.92 Å². The van der Waals surface area contributed by atoms with E-state index in [4.69, 9.17) is 4.98 Å². The van der Waals surface area contributed by atoms with Crippen molar-refractivity contribution in [1.82, 2.24) is 9.55 Å². The fraction of sp³-hybridized carbons (Fsp3) is 0.400. The molecule has 0 saturated carbocycles. The van der Waals surface area contributed by atoms with Gasteiger partial charge < -0.3 is 9.88 Å². The van der Waals surface area contributed by atoms with E-state index in [0.717, 1.165) is 24.6 Å². The molecule has 0 radical (unpaired) electrons. The average Bonchev–Trinajstić information content (AvgIpc) is 2.81. The van der Waals surface area contributed by atoms with E-state index in [1.807, 2.05) is 6.07 Å². The molecule has 3 rings (SSSR count). The molecule has 0 aliphatic carbocycles. The lowest BCUT2D eigenvalue weighted by molar-refractivity contribution is 0.381. The van der Waals surface area contributed by atoms with Crippen molar-refractivity contribution in [2.75, 3.05) is 5.32 Å². The number of nitrogens with zero attached hydrogens (tertiary/aromatic N) is 2. The highest BCUT2D eigenvalue weighted by atomic mass is 15.2. The van der Waals surface area contributed by atoms with Crippen LogP contribution in [0.25, 0.3) is 11.3 Å². The quantitative estimate of drug-likeness (QED) is 0.873. The van der Waals surface area contributed by atoms with Gasteiger partial charge >= 0.3 is 0 Å². The third-order valence-corrected chi connectivity index (χ3v) is 3.77. The van der Waals surface area contributed by atoms with Crippen LogP contribution in [0, 0.1) is 5.92 Å². The molecule has 1 aliphatic heterocycles. The Labute approximate surface area is 108 Å². The fourth-order valence-corrected chi connectivity index (χ4v) is 2.67. The van der Waals surface area contributed by atoms with E-state index in [0.29, 0.717) is 12.0 Å². The fourth-order valence-electron chi connectivity index (χ4n) is 2.67. The first-order valence-electron chi connectivity index (χ1n) is 6.67. The number of hydrogen-bond donors (Lipinski definition) is 1. The number of anilines is 1. The summed E-state index contributed by atoms with van der Waals surface area (Å²) < 4.78 is 2.24. The van der Waals surface area contributed by atoms with Crippen molar-refractivity contribution in [3.63, 3.8) is 0 Å². The first kappa shape index (κ1) is 11.3. The zero-order valence-electron chi connectivity index (χ0n) is 10.9. The number of rotatable bonds is 2. The molecule has 2 aromatic rings. The summed E-state index contributed by atoms with van der Waals surface area (Å²) >= 11 is 0. The van der Waals surface area contributed by atoms with Crippen LogP contribution in [0.5, 0.6) is 0 Å². The monoisotopic (exact) mass is 241 g/mol. The summed E-state index contributed by atoms with van der Waals surface area (Å²) in [5.41, 5.74) is 2.24. The van der Waals surface area contributed by atoms with E-state index in [1.54, 1.807) is 0 Å². The van der Waals surface area contributed by atoms with Crippen molar-refractivity contribution in [1.29, 1.82) is 0 Å². The molecule has 1 aliphatic rings. The Balaban J connectivity index is 1.94. The molecule has 0 saturated heterocycles. The lowest BCUT2D eigenvalue weighted by Gasteiger charge is -2.30. The molecule has 18 heavy (non-hydrogen) atoms. The number of fused-ring (bicyclic) bond motifs is 1. The van der Waals surface area contributed by atoms with E-state index in [-0.39, 0.29) is 0 Å². The van der Waals surface area contributed by atoms with E-state index >= 15 is 0 Å². The highest BCUT2D eigenvalue weighted by Crippen LogP contribution is 2.27. The predicted molar refractivity (Wildman–Crippen MR) is 74.5 cm³/mol. The molecule has 94 valence electrons. The van der Waals surface area contributed by atoms with Crippen LogP contribution in [0.15, 0.2) is 36.5 Å². The lowest BCUT2D eigenvalue weighted by Crippen LogP contribution is -2.35. The van der Waals surface area contributed by atoms with E-state index in [2.05, 4.69) is 54.2 Å². The lowest BCUT2D eigenvalue weighted by atomic mass is 9.98. The molecule has 2 atom stereocenters. The smallest absolute Gasteiger partial charge is 0.203 e. The van der Waals surface area contributed by atoms with E-state index in [9.17, 15) is 0 Å². The Morgan fingerprint density at radius 1 is 1.33 bits per heavy atom. The van der Waals surface area contributed by atoms with E-state index in [1.165, 1.54) is 5.56 Å². The van der Waals surface area contributed by atoms with Crippen molar-refractivity contribution >= 4 is 5.95 Å². The SMILES string of the molecule is CCC1Nc2nc(-c3ccccc3)cn2CC1C. The van der Waals surface area contributed by atoms with Gasteiger partial charge in [-0.15, -0.1) is 0 Å². The first-order chi connectivity index (χ1) is 8.78. The summed E-state index contributed by atoms with van der Waals surface area (Å²) in [6, 6.07) is 10.9. The summed E-state index contributed by atoms with van der Waals surface area (Å²) in [6.45, 7) is 5.58. The zero-order valence-corrected chi connectivity index (χ0v) is 10.9. The number of imidazole rings is 1. The van der Waals surface area contributed by atoms with Gasteiger partial charge in [-0.25, -0.2) is 4.98 Å². The minimum Gasteiger partial charge on any atom is -0.353 e. The van der Waals surface area contributed by atoms with Crippen LogP contribution in [0.1, 0.15) is 20.3 Å². The summed E-state index contributed by atoms with van der Waals surface area (Å²) in [6.07, 6.45) is 3.30. The van der Waals surface area contributed by atoms with Gasteiger partial charge in [0.2, 0.25) is 5.95 Å². The first-order valence-corrected chi connectivity index (χ1v) is 6.67. The van der Waals surface area contributed by atoms with Gasteiger partial charge in [-0.2, -0.15) is 0 Å². The molecule has 3 nitrogen and oxygen atoms in total. The van der Waals surface area contributed by atoms with Crippen LogP contribution in [0.3, 0.4) is 0 Å². The number of nitrogens with one attached hydrogen (secondary N) is 1. The molecule has 1 aromatic heterocycles. The van der Waals surface area contributed by atoms with Crippen molar-refractivity contribution < 1.29 is 0 Å². The van der Waals surface area contributed by atoms with Crippen LogP contribution in [-0.4, -0.2) is 15.6 Å². The van der Waals surface area contributed by atoms with Crippen LogP contribution in [0.2, 0.25) is 0 Å². The standard InChI is InChI=1S/C15H19N3/c1-3-13-11(2)9-18-10-14(17-15(18)16-13)12-7-5-4-6-8-12/h4-8,10-11,13H,3,9H2,1-2H3,(H,16,17). The van der Waals surface area contributed by atoms with E-state index < -0.39 is 0 Å². The van der Waals surface area contributed by atoms with Gasteiger partial charge in [0.05, 0.1) is 5.69 Å². The topological polar surface area (TPSA) is 29.9 Å². The molecule has 2 unspecified atom stereocenters. The Kier molecular flexibility index (Phi) is 2.82. The summed E-state index contributed by atoms with van der Waals surface area (Å²) in [4.78, 5) is 4.71. The maximum Gasteiger partial charge on any atom is 0.203 e. The molecule has 3 heteroatoms. The largest absolute Gasteiger partial charge is 0.353 e. The van der Waals surface area contributed by atoms with Gasteiger partial charge in [0, 0.05) is 24.3 Å². The Hall–Kier alpha value is -1.77. The van der Waals surface area contributed by atoms with Gasteiger partial charge in [0.1, 0.15) is 0 Å². The van der Waals surface area contributed by atoms with Crippen LogP contribution in [-0.2, 0) is 6.54 Å². The normalized spacial score (nSPS) is 22.3. The minimum absolute atomic E-state index is 0.545. The summed E-state index contributed by atoms with van der Waals surface area (Å²) in [7, 11) is 0. The van der Waals surface area contributed by atoms with Gasteiger partial charge in [-0.05, 0) is 12.3 Å². The Bertz CT molecular complexity index is 530. The van der Waals surface area contributed by atoms with Crippen LogP contribution < -0.4 is 5.32 Å². The van der Waals surface area contributed by atoms with Gasteiger partial charge in [0.25, 0.3) is 0 Å². The minimum atomic E-state index is 0.545. The Morgan fingerprint density at radius 2 is 2.11 bits per heavy atom. The van der Waals surface area contributed by atoms with Gasteiger partial charge in [-0.3, -0.25) is 0 Å². The van der Waals surface area contributed by atoms with Gasteiger partial charge in [0.15, 0.2) is 0 Å². The number of benzene rings is 1. The molecule has 0 spiro atoms. The molecule has 1 N–H and O–H groups in total. The third kappa shape index (κ3) is 1.90. The van der Waals surface area contributed by atoms with Crippen LogP contribution in [0.4, 0.5) is 5.95 Å². The molecule has 0 bridgehead atoms. The second-order valence-corrected chi connectivity index (χ2v) is 5.10. The molecular weight excluding hydrogens is 222 g/mol. The highest BCUT2D eigenvalue weighted by Gasteiger charge is 2.24. The summed E-state index contributed by atoms with van der Waals surface area (Å²) in [5, 5.41) is 3.54. The van der Waals surface area contributed by atoms with Crippen molar-refractivity contribution in [3.05, 3.63) is 36.5 Å². The predicted octanol–water partition coefficient (Wildman–Crippen LogP) is 3.39. The van der Waals surface area contributed by atoms with Crippen molar-refractivity contribution in [3.8, 4) is 11.3 Å². The highest BCUT2D eigenvalue weighted by molar-refractivity contribution is 5.60.